The highest BCUT2D eigenvalue weighted by Gasteiger charge is 2.40. The Morgan fingerprint density at radius 1 is 1.42 bits per heavy atom. The van der Waals surface area contributed by atoms with Crippen LogP contribution in [0.2, 0.25) is 0 Å². The van der Waals surface area contributed by atoms with Crippen molar-refractivity contribution in [1.82, 2.24) is 29.5 Å². The first-order valence-corrected chi connectivity index (χ1v) is 8.31. The minimum Gasteiger partial charge on any atom is -0.337 e. The molecule has 4 heterocycles. The predicted molar refractivity (Wildman–Crippen MR) is 84.5 cm³/mol. The van der Waals surface area contributed by atoms with Crippen LogP contribution in [-0.2, 0) is 26.6 Å². The fourth-order valence-electron chi connectivity index (χ4n) is 3.80. The summed E-state index contributed by atoms with van der Waals surface area (Å²) in [4.78, 5) is 8.72. The molecule has 2 aromatic heterocycles. The summed E-state index contributed by atoms with van der Waals surface area (Å²) in [6, 6.07) is 0.205. The van der Waals surface area contributed by atoms with Crippen LogP contribution in [0.1, 0.15) is 23.4 Å². The molecule has 0 aliphatic carbocycles. The number of fused-ring (bicyclic) bond motifs is 1. The van der Waals surface area contributed by atoms with Gasteiger partial charge in [-0.25, -0.2) is 13.8 Å². The van der Waals surface area contributed by atoms with Crippen molar-refractivity contribution in [3.63, 3.8) is 0 Å². The zero-order chi connectivity index (χ0) is 16.7. The summed E-state index contributed by atoms with van der Waals surface area (Å²) in [5.41, 5.74) is 3.41. The average molecular weight is 336 g/mol. The molecule has 0 spiro atoms. The normalized spacial score (nSPS) is 24.4. The second-order valence-electron chi connectivity index (χ2n) is 6.96. The van der Waals surface area contributed by atoms with Crippen molar-refractivity contribution >= 4 is 0 Å². The van der Waals surface area contributed by atoms with Crippen molar-refractivity contribution in [3.8, 4) is 0 Å². The van der Waals surface area contributed by atoms with Crippen molar-refractivity contribution in [1.29, 1.82) is 0 Å². The number of rotatable bonds is 4. The second kappa shape index (κ2) is 5.93. The Balaban J connectivity index is 1.53. The number of likely N-dealkylation sites (tertiary alicyclic amines) is 1. The van der Waals surface area contributed by atoms with Gasteiger partial charge < -0.3 is 4.57 Å². The van der Waals surface area contributed by atoms with E-state index in [1.165, 1.54) is 5.69 Å². The molecule has 8 heteroatoms. The topological polar surface area (TPSA) is 53.0 Å². The SMILES string of the molecule is Cn1cnc2c1C[C@@H](CN1CCC(F)(F)C1)N(Cc1cn[nH]c1)C2. The number of hydrogen-bond acceptors (Lipinski definition) is 4. The summed E-state index contributed by atoms with van der Waals surface area (Å²) in [5, 5.41) is 6.84. The number of nitrogens with zero attached hydrogens (tertiary/aromatic N) is 5. The summed E-state index contributed by atoms with van der Waals surface area (Å²) in [5.74, 6) is -2.54. The van der Waals surface area contributed by atoms with Crippen LogP contribution >= 0.6 is 0 Å². The Labute approximate surface area is 139 Å². The van der Waals surface area contributed by atoms with Crippen LogP contribution in [0.3, 0.4) is 0 Å². The van der Waals surface area contributed by atoms with E-state index in [1.54, 1.807) is 0 Å². The molecular formula is C16H22F2N6. The van der Waals surface area contributed by atoms with Gasteiger partial charge in [-0.1, -0.05) is 0 Å². The van der Waals surface area contributed by atoms with Crippen LogP contribution < -0.4 is 0 Å². The van der Waals surface area contributed by atoms with Crippen LogP contribution in [0.25, 0.3) is 0 Å². The highest BCUT2D eigenvalue weighted by molar-refractivity contribution is 5.19. The van der Waals surface area contributed by atoms with Gasteiger partial charge >= 0.3 is 0 Å². The monoisotopic (exact) mass is 336 g/mol. The zero-order valence-corrected chi connectivity index (χ0v) is 13.8. The molecule has 24 heavy (non-hydrogen) atoms. The molecule has 1 saturated heterocycles. The van der Waals surface area contributed by atoms with Crippen LogP contribution in [0.15, 0.2) is 18.7 Å². The first kappa shape index (κ1) is 15.7. The molecule has 6 nitrogen and oxygen atoms in total. The first-order chi connectivity index (χ1) is 11.5. The van der Waals surface area contributed by atoms with Crippen molar-refractivity contribution in [2.45, 2.75) is 37.9 Å². The molecule has 2 aliphatic rings. The molecule has 2 aliphatic heterocycles. The number of aryl methyl sites for hydroxylation is 1. The first-order valence-electron chi connectivity index (χ1n) is 8.31. The summed E-state index contributed by atoms with van der Waals surface area (Å²) in [6.45, 7) is 2.51. The molecule has 130 valence electrons. The number of hydrogen-bond donors (Lipinski definition) is 1. The third kappa shape index (κ3) is 3.08. The lowest BCUT2D eigenvalue weighted by Gasteiger charge is -2.37. The number of aromatic amines is 1. The lowest BCUT2D eigenvalue weighted by molar-refractivity contribution is 0.00826. The van der Waals surface area contributed by atoms with Crippen LogP contribution in [0, 0.1) is 0 Å². The molecule has 4 rings (SSSR count). The summed E-state index contributed by atoms with van der Waals surface area (Å²) < 4.78 is 29.1. The number of nitrogens with one attached hydrogen (secondary N) is 1. The van der Waals surface area contributed by atoms with Crippen molar-refractivity contribution in [2.24, 2.45) is 7.05 Å². The number of H-pyrrole nitrogens is 1. The summed E-state index contributed by atoms with van der Waals surface area (Å²) in [7, 11) is 2.00. The Bertz CT molecular complexity index is 695. The van der Waals surface area contributed by atoms with E-state index >= 15 is 0 Å². The minimum absolute atomic E-state index is 0.0294. The largest absolute Gasteiger partial charge is 0.337 e. The minimum atomic E-state index is -2.54. The number of halogens is 2. The van der Waals surface area contributed by atoms with Crippen LogP contribution in [0.4, 0.5) is 8.78 Å². The quantitative estimate of drug-likeness (QED) is 0.917. The Hall–Kier alpha value is -1.80. The average Bonchev–Trinajstić information content (AvgIpc) is 3.23. The van der Waals surface area contributed by atoms with Gasteiger partial charge in [0.15, 0.2) is 0 Å². The molecule has 0 unspecified atom stereocenters. The lowest BCUT2D eigenvalue weighted by Crippen LogP contribution is -2.47. The predicted octanol–water partition coefficient (Wildman–Crippen LogP) is 1.41. The number of alkyl halides is 2. The van der Waals surface area contributed by atoms with Crippen LogP contribution in [0.5, 0.6) is 0 Å². The van der Waals surface area contributed by atoms with E-state index in [0.717, 1.165) is 30.8 Å². The summed E-state index contributed by atoms with van der Waals surface area (Å²) >= 11 is 0. The van der Waals surface area contributed by atoms with Crippen molar-refractivity contribution < 1.29 is 8.78 Å². The fourth-order valence-corrected chi connectivity index (χ4v) is 3.80. The highest BCUT2D eigenvalue weighted by atomic mass is 19.3. The molecule has 0 saturated carbocycles. The standard InChI is InChI=1S/C16H22F2N6/c1-22-11-19-14-9-24(7-12-5-20-21-6-12)13(4-15(14)22)8-23-3-2-16(17,18)10-23/h5-6,11,13H,2-4,7-10H2,1H3,(H,20,21)/t13-/m0/s1. The Kier molecular flexibility index (Phi) is 3.88. The van der Waals surface area contributed by atoms with E-state index < -0.39 is 5.92 Å². The molecule has 1 N–H and O–H groups in total. The van der Waals surface area contributed by atoms with Gasteiger partial charge in [0.2, 0.25) is 0 Å². The van der Waals surface area contributed by atoms with E-state index in [-0.39, 0.29) is 19.0 Å². The maximum absolute atomic E-state index is 13.5. The Morgan fingerprint density at radius 3 is 3.00 bits per heavy atom. The summed E-state index contributed by atoms with van der Waals surface area (Å²) in [6.07, 6.45) is 6.35. The van der Waals surface area contributed by atoms with Crippen molar-refractivity contribution in [2.75, 3.05) is 19.6 Å². The van der Waals surface area contributed by atoms with E-state index in [2.05, 4.69) is 24.6 Å². The van der Waals surface area contributed by atoms with Gasteiger partial charge in [0.25, 0.3) is 5.92 Å². The number of imidazole rings is 1. The molecular weight excluding hydrogens is 314 g/mol. The third-order valence-electron chi connectivity index (χ3n) is 5.10. The molecule has 1 fully saturated rings. The molecule has 0 radical (unpaired) electrons. The fraction of sp³-hybridized carbons (Fsp3) is 0.625. The zero-order valence-electron chi connectivity index (χ0n) is 13.8. The molecule has 0 aromatic carbocycles. The van der Waals surface area contributed by atoms with Crippen LogP contribution in [-0.4, -0.2) is 61.1 Å². The Morgan fingerprint density at radius 2 is 2.29 bits per heavy atom. The van der Waals surface area contributed by atoms with E-state index in [0.29, 0.717) is 13.1 Å². The van der Waals surface area contributed by atoms with E-state index in [9.17, 15) is 8.78 Å². The highest BCUT2D eigenvalue weighted by Crippen LogP contribution is 2.29. The lowest BCUT2D eigenvalue weighted by atomic mass is 10.0. The van der Waals surface area contributed by atoms with Gasteiger partial charge in [-0.2, -0.15) is 5.10 Å². The molecule has 0 amide bonds. The van der Waals surface area contributed by atoms with Crippen molar-refractivity contribution in [3.05, 3.63) is 35.7 Å². The number of aromatic nitrogens is 4. The second-order valence-corrected chi connectivity index (χ2v) is 6.96. The van der Waals surface area contributed by atoms with Gasteiger partial charge in [-0.3, -0.25) is 14.9 Å². The molecule has 0 bridgehead atoms. The van der Waals surface area contributed by atoms with Gasteiger partial charge in [-0.05, 0) is 0 Å². The molecule has 2 aromatic rings. The smallest absolute Gasteiger partial charge is 0.261 e. The van der Waals surface area contributed by atoms with E-state index in [4.69, 9.17) is 0 Å². The third-order valence-corrected chi connectivity index (χ3v) is 5.10. The van der Waals surface area contributed by atoms with Gasteiger partial charge in [0.05, 0.1) is 24.8 Å². The maximum Gasteiger partial charge on any atom is 0.261 e. The van der Waals surface area contributed by atoms with Gasteiger partial charge in [0, 0.05) is 69.6 Å². The maximum atomic E-state index is 13.5. The molecule has 1 atom stereocenters. The van der Waals surface area contributed by atoms with E-state index in [1.807, 2.05) is 30.7 Å². The van der Waals surface area contributed by atoms with Gasteiger partial charge in [-0.15, -0.1) is 0 Å². The van der Waals surface area contributed by atoms with Gasteiger partial charge in [0.1, 0.15) is 0 Å².